The second-order valence-electron chi connectivity index (χ2n) is 6.86. The average Bonchev–Trinajstić information content (AvgIpc) is 3.44. The first-order valence-corrected chi connectivity index (χ1v) is 8.78. The molecule has 0 spiro atoms. The predicted molar refractivity (Wildman–Crippen MR) is 97.6 cm³/mol. The van der Waals surface area contributed by atoms with Crippen LogP contribution >= 0.6 is 0 Å². The number of nitriles is 1. The number of nitrogens with zero attached hydrogens (tertiary/aromatic N) is 6. The van der Waals surface area contributed by atoms with Gasteiger partial charge in [-0.2, -0.15) is 10.4 Å². The van der Waals surface area contributed by atoms with Crippen molar-refractivity contribution < 1.29 is 4.39 Å². The van der Waals surface area contributed by atoms with E-state index in [2.05, 4.69) is 36.0 Å². The monoisotopic (exact) mass is 361 g/mol. The van der Waals surface area contributed by atoms with E-state index in [-0.39, 0.29) is 17.9 Å². The minimum absolute atomic E-state index is 0.223. The van der Waals surface area contributed by atoms with Crippen molar-refractivity contribution in [1.82, 2.24) is 20.2 Å². The summed E-state index contributed by atoms with van der Waals surface area (Å²) < 4.78 is 13.6. The molecule has 7 nitrogen and oxygen atoms in total. The summed E-state index contributed by atoms with van der Waals surface area (Å²) in [5, 5.41) is 16.2. The number of halogens is 1. The smallest absolute Gasteiger partial charge is 0.164 e. The molecular formula is C19H16FN7. The fraction of sp³-hybridized carbons (Fsp3) is 0.263. The summed E-state index contributed by atoms with van der Waals surface area (Å²) in [6.45, 7) is 1.53. The third-order valence-corrected chi connectivity index (χ3v) is 5.30. The van der Waals surface area contributed by atoms with Gasteiger partial charge in [0, 0.05) is 31.0 Å². The van der Waals surface area contributed by atoms with Crippen LogP contribution in [0.4, 0.5) is 15.9 Å². The summed E-state index contributed by atoms with van der Waals surface area (Å²) in [7, 11) is 0. The highest BCUT2D eigenvalue weighted by atomic mass is 19.1. The van der Waals surface area contributed by atoms with Crippen LogP contribution in [0.2, 0.25) is 0 Å². The van der Waals surface area contributed by atoms with Gasteiger partial charge >= 0.3 is 0 Å². The molecule has 1 aromatic carbocycles. The summed E-state index contributed by atoms with van der Waals surface area (Å²) in [5.41, 5.74) is 2.16. The van der Waals surface area contributed by atoms with Crippen LogP contribution in [0.25, 0.3) is 11.4 Å². The van der Waals surface area contributed by atoms with Crippen LogP contribution in [-0.4, -0.2) is 45.3 Å². The minimum atomic E-state index is -0.223. The number of rotatable bonds is 3. The number of nitrogens with one attached hydrogen (secondary N) is 1. The Kier molecular flexibility index (Phi) is 3.53. The van der Waals surface area contributed by atoms with E-state index in [9.17, 15) is 9.65 Å². The number of H-pyrrole nitrogens is 1. The average molecular weight is 361 g/mol. The molecule has 0 amide bonds. The van der Waals surface area contributed by atoms with Gasteiger partial charge in [0.2, 0.25) is 0 Å². The van der Waals surface area contributed by atoms with Gasteiger partial charge in [0.05, 0.1) is 24.0 Å². The molecule has 2 aliphatic rings. The fourth-order valence-electron chi connectivity index (χ4n) is 4.08. The Hall–Kier alpha value is -3.47. The van der Waals surface area contributed by atoms with E-state index in [1.54, 1.807) is 30.7 Å². The molecule has 4 heterocycles. The van der Waals surface area contributed by atoms with Crippen LogP contribution < -0.4 is 9.80 Å². The van der Waals surface area contributed by atoms with Gasteiger partial charge in [-0.3, -0.25) is 5.10 Å². The van der Waals surface area contributed by atoms with Crippen LogP contribution in [0, 0.1) is 17.1 Å². The number of hydrogen-bond acceptors (Lipinski definition) is 6. The van der Waals surface area contributed by atoms with Crippen LogP contribution in [0.15, 0.2) is 42.9 Å². The minimum Gasteiger partial charge on any atom is -0.365 e. The van der Waals surface area contributed by atoms with Gasteiger partial charge in [-0.1, -0.05) is 6.07 Å². The molecule has 5 rings (SSSR count). The molecule has 134 valence electrons. The molecular weight excluding hydrogens is 345 g/mol. The molecule has 27 heavy (non-hydrogen) atoms. The van der Waals surface area contributed by atoms with E-state index in [0.29, 0.717) is 17.2 Å². The highest BCUT2D eigenvalue weighted by Crippen LogP contribution is 2.38. The Balaban J connectivity index is 1.45. The van der Waals surface area contributed by atoms with Gasteiger partial charge in [-0.05, 0) is 24.6 Å². The van der Waals surface area contributed by atoms with Gasteiger partial charge in [0.1, 0.15) is 17.4 Å². The lowest BCUT2D eigenvalue weighted by Gasteiger charge is -2.36. The zero-order valence-electron chi connectivity index (χ0n) is 14.4. The van der Waals surface area contributed by atoms with Crippen molar-refractivity contribution in [3.63, 3.8) is 0 Å². The van der Waals surface area contributed by atoms with E-state index in [4.69, 9.17) is 0 Å². The maximum atomic E-state index is 13.6. The Morgan fingerprint density at radius 2 is 2.04 bits per heavy atom. The van der Waals surface area contributed by atoms with E-state index >= 15 is 0 Å². The van der Waals surface area contributed by atoms with Crippen molar-refractivity contribution in [2.24, 2.45) is 0 Å². The Labute approximate surface area is 155 Å². The fourth-order valence-corrected chi connectivity index (χ4v) is 4.08. The maximum Gasteiger partial charge on any atom is 0.164 e. The molecule has 1 N–H and O–H groups in total. The normalized spacial score (nSPS) is 20.9. The summed E-state index contributed by atoms with van der Waals surface area (Å²) in [6.07, 6.45) is 5.92. The lowest BCUT2D eigenvalue weighted by molar-refractivity contribution is 0.617. The summed E-state index contributed by atoms with van der Waals surface area (Å²) >= 11 is 0. The Bertz CT molecular complexity index is 1030. The van der Waals surface area contributed by atoms with Crippen LogP contribution in [0.5, 0.6) is 0 Å². The second-order valence-corrected chi connectivity index (χ2v) is 6.86. The van der Waals surface area contributed by atoms with Crippen molar-refractivity contribution in [3.8, 4) is 17.5 Å². The number of piperazine rings is 1. The third-order valence-electron chi connectivity index (χ3n) is 5.30. The van der Waals surface area contributed by atoms with Gasteiger partial charge in [0.15, 0.2) is 11.6 Å². The lowest BCUT2D eigenvalue weighted by atomic mass is 10.2. The van der Waals surface area contributed by atoms with E-state index in [0.717, 1.165) is 30.8 Å². The molecule has 0 saturated carbocycles. The quantitative estimate of drug-likeness (QED) is 0.771. The maximum absolute atomic E-state index is 13.6. The number of fused-ring (bicyclic) bond motifs is 2. The molecule has 2 aliphatic heterocycles. The molecule has 0 aliphatic carbocycles. The number of anilines is 2. The van der Waals surface area contributed by atoms with Crippen molar-refractivity contribution in [1.29, 1.82) is 5.26 Å². The van der Waals surface area contributed by atoms with Crippen molar-refractivity contribution in [2.45, 2.75) is 18.5 Å². The first-order valence-electron chi connectivity index (χ1n) is 8.78. The number of benzene rings is 1. The SMILES string of the molecule is N#Cc1cnc(-c2cn[nH]c2)nc1N1C[C@@H]2C[C@H]1CN2c1cccc(F)c1. The Morgan fingerprint density at radius 3 is 2.74 bits per heavy atom. The van der Waals surface area contributed by atoms with Crippen LogP contribution in [-0.2, 0) is 0 Å². The van der Waals surface area contributed by atoms with E-state index in [1.807, 2.05) is 6.07 Å². The van der Waals surface area contributed by atoms with Gasteiger partial charge in [-0.25, -0.2) is 14.4 Å². The summed E-state index contributed by atoms with van der Waals surface area (Å²) in [5.74, 6) is 0.983. The van der Waals surface area contributed by atoms with Gasteiger partial charge in [-0.15, -0.1) is 0 Å². The number of hydrogen-bond donors (Lipinski definition) is 1. The first kappa shape index (κ1) is 15.8. The zero-order valence-corrected chi connectivity index (χ0v) is 14.4. The standard InChI is InChI=1S/C19H16FN7/c20-14-2-1-3-15(4-14)26-10-17-5-16(26)11-27(17)19-12(6-21)7-22-18(25-19)13-8-23-24-9-13/h1-4,7-9,16-17H,5,10-11H2,(H,23,24)/t16-,17-/m0/s1. The molecule has 3 aromatic rings. The predicted octanol–water partition coefficient (Wildman–Crippen LogP) is 2.34. The van der Waals surface area contributed by atoms with Gasteiger partial charge in [0.25, 0.3) is 0 Å². The van der Waals surface area contributed by atoms with Crippen LogP contribution in [0.1, 0.15) is 12.0 Å². The summed E-state index contributed by atoms with van der Waals surface area (Å²) in [6, 6.07) is 9.43. The van der Waals surface area contributed by atoms with Crippen LogP contribution in [0.3, 0.4) is 0 Å². The molecule has 2 fully saturated rings. The highest BCUT2D eigenvalue weighted by Gasteiger charge is 2.44. The molecule has 2 bridgehead atoms. The van der Waals surface area contributed by atoms with Gasteiger partial charge < -0.3 is 9.80 Å². The molecule has 0 unspecified atom stereocenters. The largest absolute Gasteiger partial charge is 0.365 e. The molecule has 2 aromatic heterocycles. The molecule has 2 saturated heterocycles. The van der Waals surface area contributed by atoms with Crippen molar-refractivity contribution in [3.05, 3.63) is 54.2 Å². The third kappa shape index (κ3) is 2.59. The summed E-state index contributed by atoms with van der Waals surface area (Å²) in [4.78, 5) is 13.4. The van der Waals surface area contributed by atoms with E-state index < -0.39 is 0 Å². The van der Waals surface area contributed by atoms with E-state index in [1.165, 1.54) is 6.07 Å². The molecule has 2 atom stereocenters. The zero-order chi connectivity index (χ0) is 18.4. The number of aromatic amines is 1. The van der Waals surface area contributed by atoms with Crippen molar-refractivity contribution in [2.75, 3.05) is 22.9 Å². The first-order chi connectivity index (χ1) is 13.2. The topological polar surface area (TPSA) is 84.7 Å². The highest BCUT2D eigenvalue weighted by molar-refractivity contribution is 5.63. The molecule has 0 radical (unpaired) electrons. The lowest BCUT2D eigenvalue weighted by Crippen LogP contribution is -2.47. The molecule has 8 heteroatoms. The number of aromatic nitrogens is 4. The Morgan fingerprint density at radius 1 is 1.19 bits per heavy atom. The second kappa shape index (κ2) is 6.06. The van der Waals surface area contributed by atoms with Crippen molar-refractivity contribution >= 4 is 11.5 Å².